The second-order valence-electron chi connectivity index (χ2n) is 5.98. The van der Waals surface area contributed by atoms with Gasteiger partial charge in [0.05, 0.1) is 17.3 Å². The molecule has 128 valence electrons. The fourth-order valence-electron chi connectivity index (χ4n) is 3.30. The van der Waals surface area contributed by atoms with Crippen LogP contribution in [0.25, 0.3) is 0 Å². The summed E-state index contributed by atoms with van der Waals surface area (Å²) in [5, 5.41) is 2.49. The van der Waals surface area contributed by atoms with E-state index in [1.807, 2.05) is 42.6 Å². The summed E-state index contributed by atoms with van der Waals surface area (Å²) in [7, 11) is 0. The van der Waals surface area contributed by atoms with Crippen LogP contribution >= 0.6 is 11.3 Å². The Morgan fingerprint density at radius 1 is 1.36 bits per heavy atom. The lowest BCUT2D eigenvalue weighted by molar-refractivity contribution is -0.119. The maximum atomic E-state index is 12.6. The highest BCUT2D eigenvalue weighted by Gasteiger charge is 2.46. The molecule has 0 saturated carbocycles. The summed E-state index contributed by atoms with van der Waals surface area (Å²) < 4.78 is 5.44. The molecule has 1 atom stereocenters. The largest absolute Gasteiger partial charge is 0.444 e. The molecule has 1 aromatic carbocycles. The van der Waals surface area contributed by atoms with Crippen molar-refractivity contribution in [2.24, 2.45) is 5.92 Å². The van der Waals surface area contributed by atoms with Gasteiger partial charge in [0, 0.05) is 24.5 Å². The molecule has 25 heavy (non-hydrogen) atoms. The van der Waals surface area contributed by atoms with Crippen molar-refractivity contribution >= 4 is 28.5 Å². The van der Waals surface area contributed by atoms with Gasteiger partial charge in [0.2, 0.25) is 5.91 Å². The Morgan fingerprint density at radius 3 is 2.88 bits per heavy atom. The first kappa shape index (κ1) is 15.8. The Morgan fingerprint density at radius 2 is 2.16 bits per heavy atom. The number of hydrogen-bond acceptors (Lipinski definition) is 5. The molecule has 0 aliphatic carbocycles. The van der Waals surface area contributed by atoms with Gasteiger partial charge in [-0.3, -0.25) is 14.6 Å². The number of ether oxygens (including phenoxy) is 1. The van der Waals surface area contributed by atoms with Crippen molar-refractivity contribution in [1.82, 2.24) is 9.88 Å². The van der Waals surface area contributed by atoms with Gasteiger partial charge < -0.3 is 4.74 Å². The second kappa shape index (κ2) is 6.33. The Balaban J connectivity index is 1.53. The Bertz CT molecular complexity index is 833. The van der Waals surface area contributed by atoms with Crippen molar-refractivity contribution in [3.8, 4) is 0 Å². The van der Waals surface area contributed by atoms with Gasteiger partial charge in [-0.05, 0) is 12.5 Å². The molecule has 4 rings (SSSR count). The summed E-state index contributed by atoms with van der Waals surface area (Å²) in [5.74, 6) is -0.411. The number of nitrogens with zero attached hydrogens (tertiary/aromatic N) is 3. The minimum Gasteiger partial charge on any atom is -0.444 e. The van der Waals surface area contributed by atoms with E-state index < -0.39 is 6.09 Å². The quantitative estimate of drug-likeness (QED) is 0.847. The molecule has 0 N–H and O–H groups in total. The molecule has 1 aromatic heterocycles. The summed E-state index contributed by atoms with van der Waals surface area (Å²) in [4.78, 5) is 32.7. The zero-order chi connectivity index (χ0) is 17.4. The van der Waals surface area contributed by atoms with Crippen LogP contribution in [0.15, 0.2) is 53.3 Å². The molecule has 7 heteroatoms. The van der Waals surface area contributed by atoms with Crippen LogP contribution in [0.2, 0.25) is 0 Å². The number of thiazole rings is 1. The highest BCUT2D eigenvalue weighted by molar-refractivity contribution is 7.13. The predicted molar refractivity (Wildman–Crippen MR) is 93.7 cm³/mol. The van der Waals surface area contributed by atoms with E-state index in [4.69, 9.17) is 4.74 Å². The number of aromatic nitrogens is 1. The summed E-state index contributed by atoms with van der Waals surface area (Å²) in [6.45, 7) is 2.57. The van der Waals surface area contributed by atoms with E-state index in [0.29, 0.717) is 18.1 Å². The van der Waals surface area contributed by atoms with Crippen molar-refractivity contribution in [2.75, 3.05) is 11.4 Å². The standard InChI is InChI=1S/C18H17N3O3S/c1-12-15-14(21(16(12)22)17-19-8-10-25-17)7-9-20(15)18(23)24-11-13-5-3-2-4-6-13/h2-6,8,10,12H,7,9,11H2,1H3. The number of carbonyl (C=O) groups is 2. The van der Waals surface area contributed by atoms with Gasteiger partial charge in [-0.15, -0.1) is 11.3 Å². The first-order valence-electron chi connectivity index (χ1n) is 8.11. The van der Waals surface area contributed by atoms with Crippen molar-refractivity contribution in [3.63, 3.8) is 0 Å². The number of hydrogen-bond donors (Lipinski definition) is 0. The van der Waals surface area contributed by atoms with Crippen LogP contribution in [-0.4, -0.2) is 28.4 Å². The van der Waals surface area contributed by atoms with Crippen LogP contribution in [-0.2, 0) is 16.1 Å². The van der Waals surface area contributed by atoms with E-state index in [9.17, 15) is 9.59 Å². The fraction of sp³-hybridized carbons (Fsp3) is 0.278. The predicted octanol–water partition coefficient (Wildman–Crippen LogP) is 3.38. The van der Waals surface area contributed by atoms with Gasteiger partial charge in [0.15, 0.2) is 5.13 Å². The van der Waals surface area contributed by atoms with E-state index in [2.05, 4.69) is 4.98 Å². The van der Waals surface area contributed by atoms with Crippen molar-refractivity contribution in [2.45, 2.75) is 20.0 Å². The molecule has 2 aliphatic heterocycles. The molecule has 0 bridgehead atoms. The fourth-order valence-corrected chi connectivity index (χ4v) is 3.97. The number of amides is 2. The summed E-state index contributed by atoms with van der Waals surface area (Å²) in [6, 6.07) is 9.55. The second-order valence-corrected chi connectivity index (χ2v) is 6.86. The molecular formula is C18H17N3O3S. The number of benzene rings is 1. The van der Waals surface area contributed by atoms with Gasteiger partial charge in [-0.25, -0.2) is 9.78 Å². The minimum absolute atomic E-state index is 0.0412. The Kier molecular flexibility index (Phi) is 4.01. The number of carbonyl (C=O) groups excluding carboxylic acids is 2. The van der Waals surface area contributed by atoms with Gasteiger partial charge in [0.1, 0.15) is 6.61 Å². The van der Waals surface area contributed by atoms with Crippen LogP contribution in [0.4, 0.5) is 9.93 Å². The summed E-state index contributed by atoms with van der Waals surface area (Å²) in [6.07, 6.45) is 1.90. The molecule has 2 aliphatic rings. The zero-order valence-corrected chi connectivity index (χ0v) is 14.5. The van der Waals surface area contributed by atoms with Crippen molar-refractivity contribution < 1.29 is 14.3 Å². The van der Waals surface area contributed by atoms with E-state index in [0.717, 1.165) is 17.0 Å². The highest BCUT2D eigenvalue weighted by Crippen LogP contribution is 2.42. The Hall–Kier alpha value is -2.67. The maximum Gasteiger partial charge on any atom is 0.414 e. The normalized spacial score (nSPS) is 19.6. The van der Waals surface area contributed by atoms with E-state index in [1.54, 1.807) is 16.0 Å². The summed E-state index contributed by atoms with van der Waals surface area (Å²) >= 11 is 1.42. The first-order valence-corrected chi connectivity index (χ1v) is 8.99. The van der Waals surface area contributed by atoms with E-state index in [1.165, 1.54) is 11.3 Å². The topological polar surface area (TPSA) is 62.7 Å². The third-order valence-electron chi connectivity index (χ3n) is 4.47. The molecule has 2 aromatic rings. The van der Waals surface area contributed by atoms with Crippen LogP contribution in [0.1, 0.15) is 18.9 Å². The molecule has 0 radical (unpaired) electrons. The van der Waals surface area contributed by atoms with Crippen molar-refractivity contribution in [1.29, 1.82) is 0 Å². The molecular weight excluding hydrogens is 338 g/mol. The van der Waals surface area contributed by atoms with Gasteiger partial charge >= 0.3 is 6.09 Å². The van der Waals surface area contributed by atoms with Crippen LogP contribution in [0, 0.1) is 5.92 Å². The van der Waals surface area contributed by atoms with Crippen LogP contribution in [0.5, 0.6) is 0 Å². The third kappa shape index (κ3) is 2.70. The summed E-state index contributed by atoms with van der Waals surface area (Å²) in [5.41, 5.74) is 2.55. The van der Waals surface area contributed by atoms with Crippen molar-refractivity contribution in [3.05, 3.63) is 58.9 Å². The van der Waals surface area contributed by atoms with Gasteiger partial charge in [-0.1, -0.05) is 30.3 Å². The molecule has 0 fully saturated rings. The monoisotopic (exact) mass is 355 g/mol. The van der Waals surface area contributed by atoms with Crippen LogP contribution in [0.3, 0.4) is 0 Å². The van der Waals surface area contributed by atoms with Gasteiger partial charge in [-0.2, -0.15) is 0 Å². The van der Waals surface area contributed by atoms with E-state index in [-0.39, 0.29) is 18.4 Å². The Labute approximate surface area is 149 Å². The lowest BCUT2D eigenvalue weighted by Gasteiger charge is -2.21. The first-order chi connectivity index (χ1) is 12.2. The SMILES string of the molecule is CC1C(=O)N(c2nccs2)C2=C1N(C(=O)OCc1ccccc1)CC2. The number of anilines is 1. The lowest BCUT2D eigenvalue weighted by atomic mass is 10.1. The number of rotatable bonds is 3. The molecule has 6 nitrogen and oxygen atoms in total. The van der Waals surface area contributed by atoms with E-state index >= 15 is 0 Å². The molecule has 1 unspecified atom stereocenters. The smallest absolute Gasteiger partial charge is 0.414 e. The van der Waals surface area contributed by atoms with Crippen LogP contribution < -0.4 is 4.90 Å². The molecule has 2 amide bonds. The molecule has 0 saturated heterocycles. The molecule has 3 heterocycles. The third-order valence-corrected chi connectivity index (χ3v) is 5.22. The maximum absolute atomic E-state index is 12.6. The highest BCUT2D eigenvalue weighted by atomic mass is 32.1. The van der Waals surface area contributed by atoms with Gasteiger partial charge in [0.25, 0.3) is 0 Å². The molecule has 0 spiro atoms. The lowest BCUT2D eigenvalue weighted by Crippen LogP contribution is -2.34. The zero-order valence-electron chi connectivity index (χ0n) is 13.7. The average Bonchev–Trinajstić information content (AvgIpc) is 3.34. The minimum atomic E-state index is -0.408. The average molecular weight is 355 g/mol.